The highest BCUT2D eigenvalue weighted by atomic mass is 35.5. The molecule has 1 amide bonds. The molecule has 2 heterocycles. The molecule has 6 nitrogen and oxygen atoms in total. The number of nitrogens with zero attached hydrogens (tertiary/aromatic N) is 2. The highest BCUT2D eigenvalue weighted by molar-refractivity contribution is 7.17. The van der Waals surface area contributed by atoms with Gasteiger partial charge in [0.1, 0.15) is 17.2 Å². The van der Waals surface area contributed by atoms with Crippen molar-refractivity contribution in [2.45, 2.75) is 52.5 Å². The number of thiophene rings is 1. The van der Waals surface area contributed by atoms with E-state index in [0.717, 1.165) is 40.8 Å². The molecule has 0 radical (unpaired) electrons. The van der Waals surface area contributed by atoms with Crippen LogP contribution in [0.1, 0.15) is 58.4 Å². The number of aromatic nitrogens is 2. The Balaban J connectivity index is 1.84. The lowest BCUT2D eigenvalue weighted by Gasteiger charge is -2.12. The highest BCUT2D eigenvalue weighted by Gasteiger charge is 2.28. The number of anilines is 1. The fourth-order valence-corrected chi connectivity index (χ4v) is 4.73. The van der Waals surface area contributed by atoms with Crippen LogP contribution in [0.15, 0.2) is 0 Å². The van der Waals surface area contributed by atoms with E-state index >= 15 is 0 Å². The number of carbonyl (C=O) groups excluding carboxylic acids is 2. The largest absolute Gasteiger partial charge is 0.462 e. The number of alkyl halides is 2. The van der Waals surface area contributed by atoms with E-state index in [0.29, 0.717) is 10.6 Å². The molecule has 3 rings (SSSR count). The van der Waals surface area contributed by atoms with Crippen LogP contribution in [0.2, 0.25) is 5.02 Å². The van der Waals surface area contributed by atoms with Crippen LogP contribution in [0.3, 0.4) is 0 Å². The minimum atomic E-state index is -2.82. The van der Waals surface area contributed by atoms with Gasteiger partial charge in [0.25, 0.3) is 6.43 Å². The van der Waals surface area contributed by atoms with Gasteiger partial charge in [-0.15, -0.1) is 11.3 Å². The van der Waals surface area contributed by atoms with Crippen LogP contribution in [0.4, 0.5) is 13.8 Å². The third-order valence-corrected chi connectivity index (χ3v) is 6.24. The number of nitrogens with one attached hydrogen (secondary N) is 1. The minimum absolute atomic E-state index is 0.151. The molecule has 28 heavy (non-hydrogen) atoms. The van der Waals surface area contributed by atoms with Crippen molar-refractivity contribution in [3.05, 3.63) is 32.4 Å². The van der Waals surface area contributed by atoms with Gasteiger partial charge in [0, 0.05) is 4.88 Å². The van der Waals surface area contributed by atoms with Gasteiger partial charge in [-0.3, -0.25) is 9.48 Å². The zero-order valence-electron chi connectivity index (χ0n) is 15.5. The third kappa shape index (κ3) is 4.05. The molecule has 1 aliphatic carbocycles. The number of esters is 1. The van der Waals surface area contributed by atoms with E-state index in [2.05, 4.69) is 10.4 Å². The molecule has 0 unspecified atom stereocenters. The Hall–Kier alpha value is -2.00. The van der Waals surface area contributed by atoms with Crippen molar-refractivity contribution in [2.24, 2.45) is 0 Å². The summed E-state index contributed by atoms with van der Waals surface area (Å²) in [4.78, 5) is 26.0. The van der Waals surface area contributed by atoms with Gasteiger partial charge in [-0.2, -0.15) is 5.10 Å². The number of rotatable bonds is 6. The number of hydrogen-bond donors (Lipinski definition) is 1. The van der Waals surface area contributed by atoms with E-state index in [1.54, 1.807) is 6.92 Å². The van der Waals surface area contributed by atoms with E-state index in [1.807, 2.05) is 0 Å². The summed E-state index contributed by atoms with van der Waals surface area (Å²) in [7, 11) is 0. The molecular formula is C18H20ClF2N3O3S. The van der Waals surface area contributed by atoms with Crippen LogP contribution in [0, 0.1) is 6.92 Å². The van der Waals surface area contributed by atoms with Crippen molar-refractivity contribution in [1.29, 1.82) is 0 Å². The first kappa shape index (κ1) is 20.7. The summed E-state index contributed by atoms with van der Waals surface area (Å²) in [6, 6.07) is 0. The summed E-state index contributed by atoms with van der Waals surface area (Å²) in [5, 5.41) is 6.74. The van der Waals surface area contributed by atoms with Gasteiger partial charge >= 0.3 is 5.97 Å². The lowest BCUT2D eigenvalue weighted by Crippen LogP contribution is -2.21. The van der Waals surface area contributed by atoms with Gasteiger partial charge in [0.05, 0.1) is 22.9 Å². The van der Waals surface area contributed by atoms with Crippen LogP contribution < -0.4 is 5.32 Å². The summed E-state index contributed by atoms with van der Waals surface area (Å²) in [5.74, 6) is -0.942. The Morgan fingerprint density at radius 1 is 1.36 bits per heavy atom. The first-order chi connectivity index (χ1) is 13.3. The van der Waals surface area contributed by atoms with Crippen molar-refractivity contribution in [3.8, 4) is 0 Å². The summed E-state index contributed by atoms with van der Waals surface area (Å²) in [6.45, 7) is 3.18. The van der Waals surface area contributed by atoms with Crippen molar-refractivity contribution in [3.63, 3.8) is 0 Å². The molecule has 152 valence electrons. The van der Waals surface area contributed by atoms with Gasteiger partial charge in [-0.05, 0) is 45.1 Å². The van der Waals surface area contributed by atoms with E-state index in [1.165, 1.54) is 18.3 Å². The summed E-state index contributed by atoms with van der Waals surface area (Å²) >= 11 is 7.23. The average molecular weight is 432 g/mol. The van der Waals surface area contributed by atoms with Crippen molar-refractivity contribution in [1.82, 2.24) is 9.78 Å². The minimum Gasteiger partial charge on any atom is -0.462 e. The van der Waals surface area contributed by atoms with Crippen LogP contribution in [-0.4, -0.2) is 28.3 Å². The number of aryl methyl sites for hydroxylation is 1. The first-order valence-electron chi connectivity index (χ1n) is 8.95. The Bertz CT molecular complexity index is 911. The van der Waals surface area contributed by atoms with E-state index in [4.69, 9.17) is 16.3 Å². The fourth-order valence-electron chi connectivity index (χ4n) is 3.22. The molecule has 2 aromatic rings. The predicted molar refractivity (Wildman–Crippen MR) is 102 cm³/mol. The number of carbonyl (C=O) groups is 2. The second kappa shape index (κ2) is 8.57. The fraction of sp³-hybridized carbons (Fsp3) is 0.500. The predicted octanol–water partition coefficient (Wildman–Crippen LogP) is 4.54. The number of halogens is 3. The summed E-state index contributed by atoms with van der Waals surface area (Å²) in [6.07, 6.45) is 0.806. The SMILES string of the molecule is CCOC(=O)c1c(NC(=O)Cn2nc(C(F)F)c(Cl)c2C)sc2c1CCCC2. The Labute approximate surface area is 169 Å². The number of amides is 1. The molecule has 1 N–H and O–H groups in total. The average Bonchev–Trinajstić information content (AvgIpc) is 3.14. The topological polar surface area (TPSA) is 73.2 Å². The monoisotopic (exact) mass is 431 g/mol. The molecule has 10 heteroatoms. The van der Waals surface area contributed by atoms with Gasteiger partial charge < -0.3 is 10.1 Å². The maximum Gasteiger partial charge on any atom is 0.341 e. The van der Waals surface area contributed by atoms with Gasteiger partial charge in [0.2, 0.25) is 5.91 Å². The molecular weight excluding hydrogens is 412 g/mol. The molecule has 2 aromatic heterocycles. The molecule has 0 aliphatic heterocycles. The zero-order valence-corrected chi connectivity index (χ0v) is 17.1. The molecule has 0 aromatic carbocycles. The lowest BCUT2D eigenvalue weighted by molar-refractivity contribution is -0.116. The standard InChI is InChI=1S/C18H20ClF2N3O3S/c1-3-27-18(26)13-10-6-4-5-7-11(10)28-17(13)22-12(25)8-24-9(2)14(19)15(23-24)16(20)21/h16H,3-8H2,1-2H3,(H,22,25). The second-order valence-corrected chi connectivity index (χ2v) is 7.91. The van der Waals surface area contributed by atoms with Crippen LogP contribution in [0.5, 0.6) is 0 Å². The molecule has 0 bridgehead atoms. The number of hydrogen-bond acceptors (Lipinski definition) is 5. The van der Waals surface area contributed by atoms with Gasteiger partial charge in [-0.25, -0.2) is 13.6 Å². The maximum atomic E-state index is 12.9. The third-order valence-electron chi connectivity index (χ3n) is 4.56. The molecule has 1 aliphatic rings. The summed E-state index contributed by atoms with van der Waals surface area (Å²) < 4.78 is 32.2. The normalized spacial score (nSPS) is 13.5. The Kier molecular flexibility index (Phi) is 6.34. The highest BCUT2D eigenvalue weighted by Crippen LogP contribution is 2.38. The zero-order chi connectivity index (χ0) is 20.4. The quantitative estimate of drug-likeness (QED) is 0.681. The molecule has 0 saturated carbocycles. The lowest BCUT2D eigenvalue weighted by atomic mass is 9.95. The Morgan fingerprint density at radius 3 is 2.71 bits per heavy atom. The summed E-state index contributed by atoms with van der Waals surface area (Å²) in [5.41, 5.74) is 1.07. The van der Waals surface area contributed by atoms with Crippen molar-refractivity contribution >= 4 is 39.8 Å². The second-order valence-electron chi connectivity index (χ2n) is 6.43. The van der Waals surface area contributed by atoms with E-state index < -0.39 is 24.0 Å². The van der Waals surface area contributed by atoms with Gasteiger partial charge in [0.15, 0.2) is 0 Å². The maximum absolute atomic E-state index is 12.9. The number of fused-ring (bicyclic) bond motifs is 1. The van der Waals surface area contributed by atoms with Crippen LogP contribution in [0.25, 0.3) is 0 Å². The molecule has 0 saturated heterocycles. The van der Waals surface area contributed by atoms with Crippen molar-refractivity contribution in [2.75, 3.05) is 11.9 Å². The molecule has 0 atom stereocenters. The van der Waals surface area contributed by atoms with E-state index in [9.17, 15) is 18.4 Å². The van der Waals surface area contributed by atoms with Gasteiger partial charge in [-0.1, -0.05) is 11.6 Å². The smallest absolute Gasteiger partial charge is 0.341 e. The Morgan fingerprint density at radius 2 is 2.07 bits per heavy atom. The molecule has 0 fully saturated rings. The first-order valence-corrected chi connectivity index (χ1v) is 10.1. The molecule has 0 spiro atoms. The van der Waals surface area contributed by atoms with Crippen LogP contribution in [-0.2, 0) is 28.9 Å². The van der Waals surface area contributed by atoms with Crippen LogP contribution >= 0.6 is 22.9 Å². The van der Waals surface area contributed by atoms with E-state index in [-0.39, 0.29) is 23.9 Å². The van der Waals surface area contributed by atoms with Crippen molar-refractivity contribution < 1.29 is 23.1 Å². The number of ether oxygens (including phenoxy) is 1.